The molecule has 1 fully saturated rings. The van der Waals surface area contributed by atoms with E-state index in [0.29, 0.717) is 25.4 Å². The predicted molar refractivity (Wildman–Crippen MR) is 116 cm³/mol. The van der Waals surface area contributed by atoms with Gasteiger partial charge in [0.2, 0.25) is 0 Å². The topological polar surface area (TPSA) is 79.5 Å². The number of carboxylic acids is 1. The summed E-state index contributed by atoms with van der Waals surface area (Å²) in [4.78, 5) is 15.5. The molecule has 1 saturated carbocycles. The monoisotopic (exact) mass is 456 g/mol. The zero-order valence-corrected chi connectivity index (χ0v) is 18.1. The highest BCUT2D eigenvalue weighted by atomic mass is 79.9. The summed E-state index contributed by atoms with van der Waals surface area (Å²) in [5.74, 6) is -0.765. The van der Waals surface area contributed by atoms with Crippen LogP contribution in [0.1, 0.15) is 49.6 Å². The third kappa shape index (κ3) is 4.51. The van der Waals surface area contributed by atoms with Crippen molar-refractivity contribution >= 4 is 27.4 Å². The van der Waals surface area contributed by atoms with E-state index in [0.717, 1.165) is 44.5 Å². The molecule has 6 nitrogen and oxygen atoms in total. The second-order valence-corrected chi connectivity index (χ2v) is 8.49. The van der Waals surface area contributed by atoms with Gasteiger partial charge in [-0.15, -0.1) is 0 Å². The third-order valence-corrected chi connectivity index (χ3v) is 5.80. The summed E-state index contributed by atoms with van der Waals surface area (Å²) in [7, 11) is 0. The number of nitrogens with zero attached hydrogens (tertiary/aromatic N) is 3. The molecule has 0 aliphatic heterocycles. The van der Waals surface area contributed by atoms with Gasteiger partial charge in [0.15, 0.2) is 0 Å². The fourth-order valence-electron chi connectivity index (χ4n) is 3.75. The molecule has 0 spiro atoms. The maximum Gasteiger partial charge on any atom is 0.303 e. The van der Waals surface area contributed by atoms with E-state index in [4.69, 9.17) is 10.2 Å². The van der Waals surface area contributed by atoms with Gasteiger partial charge in [0.25, 0.3) is 0 Å². The summed E-state index contributed by atoms with van der Waals surface area (Å²) in [6.45, 7) is 2.82. The van der Waals surface area contributed by atoms with E-state index in [2.05, 4.69) is 51.4 Å². The molecule has 0 amide bonds. The SMILES string of the molecule is CCc1ccc2c(-c3cncc(Br)c3)c(CCCC(=O)O)c(CNC3CC3)nn12. The average Bonchev–Trinajstić information content (AvgIpc) is 3.44. The van der Waals surface area contributed by atoms with Crippen LogP contribution in [0.2, 0.25) is 0 Å². The Hall–Kier alpha value is -2.25. The molecule has 29 heavy (non-hydrogen) atoms. The molecule has 2 N–H and O–H groups in total. The van der Waals surface area contributed by atoms with Gasteiger partial charge in [-0.1, -0.05) is 6.92 Å². The van der Waals surface area contributed by atoms with Gasteiger partial charge in [-0.3, -0.25) is 9.78 Å². The van der Waals surface area contributed by atoms with Gasteiger partial charge in [0, 0.05) is 52.7 Å². The van der Waals surface area contributed by atoms with Gasteiger partial charge in [-0.2, -0.15) is 5.10 Å². The smallest absolute Gasteiger partial charge is 0.303 e. The Balaban J connectivity index is 1.87. The van der Waals surface area contributed by atoms with Gasteiger partial charge in [0.1, 0.15) is 0 Å². The van der Waals surface area contributed by atoms with Crippen LogP contribution in [0.25, 0.3) is 16.6 Å². The fraction of sp³-hybridized carbons (Fsp3) is 0.409. The third-order valence-electron chi connectivity index (χ3n) is 5.37. The van der Waals surface area contributed by atoms with Crippen molar-refractivity contribution in [1.82, 2.24) is 19.9 Å². The Morgan fingerprint density at radius 3 is 2.86 bits per heavy atom. The Bertz CT molecular complexity index is 1040. The number of rotatable bonds is 9. The van der Waals surface area contributed by atoms with Crippen LogP contribution in [0.3, 0.4) is 0 Å². The van der Waals surface area contributed by atoms with Gasteiger partial charge in [-0.05, 0) is 71.8 Å². The van der Waals surface area contributed by atoms with Crippen LogP contribution in [-0.2, 0) is 24.2 Å². The average molecular weight is 457 g/mol. The number of hydrogen-bond acceptors (Lipinski definition) is 4. The molecule has 152 valence electrons. The highest BCUT2D eigenvalue weighted by Crippen LogP contribution is 2.34. The minimum Gasteiger partial charge on any atom is -0.481 e. The number of carbonyl (C=O) groups is 1. The Morgan fingerprint density at radius 2 is 2.17 bits per heavy atom. The van der Waals surface area contributed by atoms with Crippen molar-refractivity contribution in [2.45, 2.75) is 58.0 Å². The normalized spacial score (nSPS) is 13.9. The van der Waals surface area contributed by atoms with Gasteiger partial charge < -0.3 is 10.4 Å². The first-order valence-electron chi connectivity index (χ1n) is 10.1. The highest BCUT2D eigenvalue weighted by Gasteiger charge is 2.23. The van der Waals surface area contributed by atoms with E-state index in [-0.39, 0.29) is 6.42 Å². The molecule has 0 aromatic carbocycles. The quantitative estimate of drug-likeness (QED) is 0.499. The van der Waals surface area contributed by atoms with Crippen LogP contribution in [-0.4, -0.2) is 31.7 Å². The van der Waals surface area contributed by atoms with Crippen LogP contribution in [0.5, 0.6) is 0 Å². The molecule has 1 aliphatic rings. The number of aryl methyl sites for hydroxylation is 1. The number of halogens is 1. The molecule has 4 rings (SSSR count). The van der Waals surface area contributed by atoms with E-state index in [9.17, 15) is 4.79 Å². The van der Waals surface area contributed by atoms with Gasteiger partial charge in [0.05, 0.1) is 11.2 Å². The fourth-order valence-corrected chi connectivity index (χ4v) is 4.12. The summed E-state index contributed by atoms with van der Waals surface area (Å²) in [6.07, 6.45) is 8.37. The second-order valence-electron chi connectivity index (χ2n) is 7.57. The van der Waals surface area contributed by atoms with E-state index in [1.807, 2.05) is 10.7 Å². The lowest BCUT2D eigenvalue weighted by atomic mass is 9.95. The Morgan fingerprint density at radius 1 is 1.34 bits per heavy atom. The highest BCUT2D eigenvalue weighted by molar-refractivity contribution is 9.10. The molecule has 0 saturated heterocycles. The molecule has 1 aliphatic carbocycles. The number of hydrogen-bond donors (Lipinski definition) is 2. The molecule has 3 aromatic heterocycles. The standard InChI is InChI=1S/C22H25BrN4O2/c1-2-17-8-9-20-22(14-10-15(23)12-24-11-14)18(4-3-5-21(28)29)19(26-27(17)20)13-25-16-6-7-16/h8-12,16,25H,2-7,13H2,1H3,(H,28,29). The minimum absolute atomic E-state index is 0.151. The van der Waals surface area contributed by atoms with Crippen molar-refractivity contribution in [2.75, 3.05) is 0 Å². The summed E-state index contributed by atoms with van der Waals surface area (Å²) in [6, 6.07) is 6.88. The summed E-state index contributed by atoms with van der Waals surface area (Å²) in [5, 5.41) is 17.7. The second kappa shape index (κ2) is 8.63. The number of aromatic nitrogens is 3. The number of aliphatic carboxylic acids is 1. The molecule has 3 heterocycles. The van der Waals surface area contributed by atoms with E-state index >= 15 is 0 Å². The van der Waals surface area contributed by atoms with Crippen molar-refractivity contribution in [1.29, 1.82) is 0 Å². The van der Waals surface area contributed by atoms with Crippen molar-refractivity contribution in [3.8, 4) is 11.1 Å². The van der Waals surface area contributed by atoms with Crippen LogP contribution < -0.4 is 5.32 Å². The van der Waals surface area contributed by atoms with Crippen molar-refractivity contribution < 1.29 is 9.90 Å². The lowest BCUT2D eigenvalue weighted by Crippen LogP contribution is -2.20. The van der Waals surface area contributed by atoms with Crippen LogP contribution >= 0.6 is 15.9 Å². The first-order valence-corrected chi connectivity index (χ1v) is 10.9. The Kier molecular flexibility index (Phi) is 5.96. The first kappa shape index (κ1) is 20.0. The number of nitrogens with one attached hydrogen (secondary N) is 1. The largest absolute Gasteiger partial charge is 0.481 e. The molecule has 3 aromatic rings. The maximum absolute atomic E-state index is 11.1. The zero-order valence-electron chi connectivity index (χ0n) is 16.5. The zero-order chi connectivity index (χ0) is 20.4. The lowest BCUT2D eigenvalue weighted by molar-refractivity contribution is -0.137. The van der Waals surface area contributed by atoms with Gasteiger partial charge in [-0.25, -0.2) is 4.52 Å². The summed E-state index contributed by atoms with van der Waals surface area (Å²) >= 11 is 3.54. The van der Waals surface area contributed by atoms with Crippen LogP contribution in [0.15, 0.2) is 35.1 Å². The lowest BCUT2D eigenvalue weighted by Gasteiger charge is -2.18. The van der Waals surface area contributed by atoms with E-state index in [1.54, 1.807) is 6.20 Å². The molecule has 0 bridgehead atoms. The number of carboxylic acid groups (broad SMARTS) is 1. The number of pyridine rings is 1. The maximum atomic E-state index is 11.1. The van der Waals surface area contributed by atoms with Crippen LogP contribution in [0.4, 0.5) is 0 Å². The molecule has 7 heteroatoms. The van der Waals surface area contributed by atoms with Crippen molar-refractivity contribution in [2.24, 2.45) is 0 Å². The minimum atomic E-state index is -0.765. The summed E-state index contributed by atoms with van der Waals surface area (Å²) < 4.78 is 2.96. The molecule has 0 atom stereocenters. The molecular formula is C22H25BrN4O2. The molecular weight excluding hydrogens is 432 g/mol. The molecule has 0 radical (unpaired) electrons. The first-order chi connectivity index (χ1) is 14.1. The van der Waals surface area contributed by atoms with Crippen LogP contribution in [0, 0.1) is 0 Å². The van der Waals surface area contributed by atoms with Gasteiger partial charge >= 0.3 is 5.97 Å². The Labute approximate surface area is 178 Å². The number of fused-ring (bicyclic) bond motifs is 1. The van der Waals surface area contributed by atoms with Crippen molar-refractivity contribution in [3.05, 3.63) is 52.0 Å². The van der Waals surface area contributed by atoms with Crippen molar-refractivity contribution in [3.63, 3.8) is 0 Å². The van der Waals surface area contributed by atoms with E-state index in [1.165, 1.54) is 12.8 Å². The molecule has 0 unspecified atom stereocenters. The predicted octanol–water partition coefficient (Wildman–Crippen LogP) is 4.38. The summed E-state index contributed by atoms with van der Waals surface area (Å²) in [5.41, 5.74) is 6.44. The van der Waals surface area contributed by atoms with E-state index < -0.39 is 5.97 Å².